The molecule has 3 aromatic rings. The van der Waals surface area contributed by atoms with Gasteiger partial charge in [0.15, 0.2) is 0 Å². The highest BCUT2D eigenvalue weighted by atomic mass is 31.2. The van der Waals surface area contributed by atoms with Gasteiger partial charge in [0.25, 0.3) is 0 Å². The van der Waals surface area contributed by atoms with Gasteiger partial charge in [-0.15, -0.1) is 0 Å². The Morgan fingerprint density at radius 1 is 0.700 bits per heavy atom. The van der Waals surface area contributed by atoms with Gasteiger partial charge in [0, 0.05) is 0 Å². The molecule has 0 amide bonds. The van der Waals surface area contributed by atoms with Crippen molar-refractivity contribution in [3.63, 3.8) is 0 Å². The van der Waals surface area contributed by atoms with Crippen molar-refractivity contribution < 1.29 is 4.52 Å². The standard InChI is InChI=1S/C28H34OP/c1-22(2)27-20-19-23(3)21-28(27)29-30(24-13-7-4-8-14-24,25-15-9-5-10-16-25)26-17-11-6-12-18-26/h4-18,22-23,27-28H,19-21H2,1-3H3/q+1/t23-,27+,28-/m1/s1. The smallest absolute Gasteiger partial charge is 0.218 e. The highest BCUT2D eigenvalue weighted by molar-refractivity contribution is 7.91. The largest absolute Gasteiger partial charge is 0.242 e. The molecule has 0 N–H and O–H groups in total. The van der Waals surface area contributed by atoms with E-state index in [0.29, 0.717) is 17.8 Å². The fourth-order valence-electron chi connectivity index (χ4n) is 4.98. The van der Waals surface area contributed by atoms with Crippen molar-refractivity contribution in [3.8, 4) is 0 Å². The summed E-state index contributed by atoms with van der Waals surface area (Å²) in [5.41, 5.74) is 0. The fraction of sp³-hybridized carbons (Fsp3) is 0.357. The molecule has 0 radical (unpaired) electrons. The van der Waals surface area contributed by atoms with Crippen LogP contribution in [0.5, 0.6) is 0 Å². The van der Waals surface area contributed by atoms with Crippen LogP contribution in [0.15, 0.2) is 91.0 Å². The van der Waals surface area contributed by atoms with Crippen LogP contribution >= 0.6 is 7.49 Å². The summed E-state index contributed by atoms with van der Waals surface area (Å²) in [4.78, 5) is 0. The molecular weight excluding hydrogens is 383 g/mol. The minimum atomic E-state index is -2.23. The van der Waals surface area contributed by atoms with Crippen molar-refractivity contribution >= 4 is 23.4 Å². The molecule has 0 saturated heterocycles. The molecule has 0 unspecified atom stereocenters. The van der Waals surface area contributed by atoms with Crippen molar-refractivity contribution in [3.05, 3.63) is 91.0 Å². The molecule has 156 valence electrons. The fourth-order valence-corrected chi connectivity index (χ4v) is 8.67. The summed E-state index contributed by atoms with van der Waals surface area (Å²) in [5.74, 6) is 1.96. The minimum Gasteiger partial charge on any atom is -0.218 e. The van der Waals surface area contributed by atoms with E-state index in [1.807, 2.05) is 0 Å². The first-order valence-corrected chi connectivity index (χ1v) is 13.1. The van der Waals surface area contributed by atoms with Crippen LogP contribution in [0.3, 0.4) is 0 Å². The zero-order valence-corrected chi connectivity index (χ0v) is 19.3. The Morgan fingerprint density at radius 3 is 1.53 bits per heavy atom. The molecule has 4 rings (SSSR count). The highest BCUT2D eigenvalue weighted by Crippen LogP contribution is 2.59. The maximum atomic E-state index is 7.49. The SMILES string of the molecule is CC(C)[C@@H]1CC[C@@H](C)C[C@H]1O[P+](c1ccccc1)(c1ccccc1)c1ccccc1. The van der Waals surface area contributed by atoms with Crippen LogP contribution in [-0.2, 0) is 4.52 Å². The number of rotatable bonds is 6. The molecular formula is C28H34OP+. The highest BCUT2D eigenvalue weighted by Gasteiger charge is 2.51. The molecule has 1 aliphatic rings. The minimum absolute atomic E-state index is 0.280. The van der Waals surface area contributed by atoms with E-state index in [2.05, 4.69) is 112 Å². The zero-order valence-electron chi connectivity index (χ0n) is 18.4. The Labute approximate surface area is 182 Å². The summed E-state index contributed by atoms with van der Waals surface area (Å²) < 4.78 is 7.49. The summed E-state index contributed by atoms with van der Waals surface area (Å²) in [5, 5.41) is 3.93. The molecule has 30 heavy (non-hydrogen) atoms. The summed E-state index contributed by atoms with van der Waals surface area (Å²) in [6.45, 7) is 7.12. The second kappa shape index (κ2) is 9.46. The maximum absolute atomic E-state index is 7.49. The van der Waals surface area contributed by atoms with Crippen LogP contribution in [0.2, 0.25) is 0 Å². The Bertz CT molecular complexity index is 810. The first-order chi connectivity index (χ1) is 14.6. The summed E-state index contributed by atoms with van der Waals surface area (Å²) in [6, 6.07) is 32.9. The number of benzene rings is 3. The van der Waals surface area contributed by atoms with Crippen molar-refractivity contribution in [2.75, 3.05) is 0 Å². The molecule has 1 fully saturated rings. The van der Waals surface area contributed by atoms with E-state index < -0.39 is 7.49 Å². The van der Waals surface area contributed by atoms with Crippen LogP contribution in [0.4, 0.5) is 0 Å². The van der Waals surface area contributed by atoms with E-state index in [-0.39, 0.29) is 6.10 Å². The first-order valence-electron chi connectivity index (χ1n) is 11.4. The van der Waals surface area contributed by atoms with Crippen molar-refractivity contribution in [2.24, 2.45) is 17.8 Å². The Morgan fingerprint density at radius 2 is 1.13 bits per heavy atom. The zero-order chi connectivity index (χ0) is 21.0. The second-order valence-corrected chi connectivity index (χ2v) is 12.1. The van der Waals surface area contributed by atoms with E-state index >= 15 is 0 Å². The van der Waals surface area contributed by atoms with Gasteiger partial charge in [-0.2, -0.15) is 0 Å². The van der Waals surface area contributed by atoms with Crippen LogP contribution < -0.4 is 15.9 Å². The molecule has 0 spiro atoms. The van der Waals surface area contributed by atoms with E-state index in [4.69, 9.17) is 4.52 Å². The molecule has 1 saturated carbocycles. The van der Waals surface area contributed by atoms with Gasteiger partial charge >= 0.3 is 0 Å². The van der Waals surface area contributed by atoms with Crippen molar-refractivity contribution in [1.82, 2.24) is 0 Å². The Hall–Kier alpha value is -1.95. The van der Waals surface area contributed by atoms with Crippen molar-refractivity contribution in [2.45, 2.75) is 46.1 Å². The number of hydrogen-bond donors (Lipinski definition) is 0. The molecule has 2 heteroatoms. The predicted molar refractivity (Wildman–Crippen MR) is 131 cm³/mol. The monoisotopic (exact) mass is 417 g/mol. The molecule has 0 heterocycles. The molecule has 0 bridgehead atoms. The molecule has 3 atom stereocenters. The normalized spacial score (nSPS) is 22.2. The van der Waals surface area contributed by atoms with Gasteiger partial charge < -0.3 is 0 Å². The van der Waals surface area contributed by atoms with Gasteiger partial charge in [-0.05, 0) is 67.0 Å². The third-order valence-corrected chi connectivity index (χ3v) is 10.3. The summed E-state index contributed by atoms with van der Waals surface area (Å²) in [6.07, 6.45) is 4.01. The topological polar surface area (TPSA) is 9.23 Å². The lowest BCUT2D eigenvalue weighted by Gasteiger charge is -2.39. The van der Waals surface area contributed by atoms with Gasteiger partial charge in [-0.1, -0.05) is 81.8 Å². The van der Waals surface area contributed by atoms with E-state index in [1.54, 1.807) is 0 Å². The van der Waals surface area contributed by atoms with Crippen LogP contribution in [-0.4, -0.2) is 6.10 Å². The average Bonchev–Trinajstić information content (AvgIpc) is 2.79. The van der Waals surface area contributed by atoms with E-state index in [1.165, 1.54) is 28.8 Å². The molecule has 0 aromatic heterocycles. The lowest BCUT2D eigenvalue weighted by atomic mass is 9.75. The van der Waals surface area contributed by atoms with E-state index in [9.17, 15) is 0 Å². The number of hydrogen-bond acceptors (Lipinski definition) is 1. The summed E-state index contributed by atoms with van der Waals surface area (Å²) in [7, 11) is -2.23. The predicted octanol–water partition coefficient (Wildman–Crippen LogP) is 6.37. The molecule has 1 aliphatic carbocycles. The van der Waals surface area contributed by atoms with Gasteiger partial charge in [-0.3, -0.25) is 0 Å². The van der Waals surface area contributed by atoms with Gasteiger partial charge in [0.1, 0.15) is 22.0 Å². The maximum Gasteiger partial charge on any atom is 0.242 e. The van der Waals surface area contributed by atoms with Crippen LogP contribution in [0.1, 0.15) is 40.0 Å². The third kappa shape index (κ3) is 4.25. The lowest BCUT2D eigenvalue weighted by molar-refractivity contribution is 0.0556. The summed E-state index contributed by atoms with van der Waals surface area (Å²) >= 11 is 0. The molecule has 3 aromatic carbocycles. The van der Waals surface area contributed by atoms with Crippen LogP contribution in [0.25, 0.3) is 0 Å². The third-order valence-electron chi connectivity index (χ3n) is 6.61. The van der Waals surface area contributed by atoms with Gasteiger partial charge in [0.05, 0.1) is 0 Å². The quantitative estimate of drug-likeness (QED) is 0.423. The van der Waals surface area contributed by atoms with Gasteiger partial charge in [-0.25, -0.2) is 4.52 Å². The van der Waals surface area contributed by atoms with Gasteiger partial charge in [0.2, 0.25) is 7.49 Å². The van der Waals surface area contributed by atoms with Crippen LogP contribution in [0, 0.1) is 17.8 Å². The molecule has 0 aliphatic heterocycles. The lowest BCUT2D eigenvalue weighted by Crippen LogP contribution is -2.41. The second-order valence-electron chi connectivity index (χ2n) is 9.09. The first kappa shape index (κ1) is 21.3. The van der Waals surface area contributed by atoms with E-state index in [0.717, 1.165) is 6.42 Å². The Balaban J connectivity index is 1.91. The Kier molecular flexibility index (Phi) is 6.71. The average molecular weight is 418 g/mol. The van der Waals surface area contributed by atoms with Crippen molar-refractivity contribution in [1.29, 1.82) is 0 Å². The molecule has 1 nitrogen and oxygen atoms in total.